The summed E-state index contributed by atoms with van der Waals surface area (Å²) in [6.45, 7) is 1.58. The van der Waals surface area contributed by atoms with Gasteiger partial charge >= 0.3 is 5.97 Å². The van der Waals surface area contributed by atoms with Gasteiger partial charge in [0, 0.05) is 21.1 Å². The second kappa shape index (κ2) is 5.20. The molecule has 0 N–H and O–H groups in total. The van der Waals surface area contributed by atoms with Gasteiger partial charge in [-0.25, -0.2) is 0 Å². The third-order valence-electron chi connectivity index (χ3n) is 0.863. The first-order valence-electron chi connectivity index (χ1n) is 2.89. The van der Waals surface area contributed by atoms with E-state index in [0.29, 0.717) is 0 Å². The van der Waals surface area contributed by atoms with Gasteiger partial charge in [-0.3, -0.25) is 4.79 Å². The fourth-order valence-corrected chi connectivity index (χ4v) is 0.471. The first kappa shape index (κ1) is 9.39. The zero-order valence-electron chi connectivity index (χ0n) is 6.42. The summed E-state index contributed by atoms with van der Waals surface area (Å²) in [4.78, 5) is 10.3. The number of esters is 1. The predicted octanol–water partition coefficient (Wildman–Crippen LogP) is 0.168. The van der Waals surface area contributed by atoms with Crippen molar-refractivity contribution in [1.82, 2.24) is 0 Å². The maximum atomic E-state index is 10.3. The van der Waals surface area contributed by atoms with Crippen LogP contribution >= 0.6 is 0 Å². The van der Waals surface area contributed by atoms with Crippen molar-refractivity contribution < 1.29 is 19.0 Å². The van der Waals surface area contributed by atoms with E-state index in [1.54, 1.807) is 0 Å². The second-order valence-electron chi connectivity index (χ2n) is 1.73. The van der Waals surface area contributed by atoms with Crippen molar-refractivity contribution in [2.24, 2.45) is 0 Å². The van der Waals surface area contributed by atoms with E-state index < -0.39 is 6.29 Å². The molecule has 1 unspecified atom stereocenters. The van der Waals surface area contributed by atoms with Gasteiger partial charge in [0.05, 0.1) is 0 Å². The lowest BCUT2D eigenvalue weighted by molar-refractivity contribution is -0.179. The summed E-state index contributed by atoms with van der Waals surface area (Å²) in [7, 11) is 2.96. The smallest absolute Gasteiger partial charge is 0.305 e. The van der Waals surface area contributed by atoms with Crippen LogP contribution in [-0.2, 0) is 19.0 Å². The molecule has 4 heteroatoms. The molecule has 0 bridgehead atoms. The maximum absolute atomic E-state index is 10.3. The van der Waals surface area contributed by atoms with Crippen LogP contribution in [0.5, 0.6) is 0 Å². The average molecular weight is 148 g/mol. The van der Waals surface area contributed by atoms with Gasteiger partial charge < -0.3 is 14.2 Å². The van der Waals surface area contributed by atoms with Gasteiger partial charge in [0.2, 0.25) is 6.29 Å². The van der Waals surface area contributed by atoms with E-state index in [1.165, 1.54) is 21.1 Å². The molecule has 10 heavy (non-hydrogen) atoms. The summed E-state index contributed by atoms with van der Waals surface area (Å²) in [5.41, 5.74) is 0. The standard InChI is InChI=1S/C6H12O4/c1-5(7)10-6(9-3)4-8-2/h6H,4H2,1-3H3. The van der Waals surface area contributed by atoms with Crippen LogP contribution in [0.1, 0.15) is 6.92 Å². The van der Waals surface area contributed by atoms with Crippen LogP contribution in [0, 0.1) is 0 Å². The van der Waals surface area contributed by atoms with E-state index >= 15 is 0 Å². The molecule has 0 aliphatic rings. The Morgan fingerprint density at radius 2 is 2.10 bits per heavy atom. The highest BCUT2D eigenvalue weighted by Crippen LogP contribution is 1.93. The maximum Gasteiger partial charge on any atom is 0.305 e. The van der Waals surface area contributed by atoms with Crippen molar-refractivity contribution in [3.63, 3.8) is 0 Å². The predicted molar refractivity (Wildman–Crippen MR) is 34.4 cm³/mol. The first-order valence-corrected chi connectivity index (χ1v) is 2.89. The quantitative estimate of drug-likeness (QED) is 0.421. The Kier molecular flexibility index (Phi) is 4.88. The van der Waals surface area contributed by atoms with Gasteiger partial charge in [-0.15, -0.1) is 0 Å². The number of carbonyl (C=O) groups excluding carboxylic acids is 1. The number of hydrogen-bond donors (Lipinski definition) is 0. The lowest BCUT2D eigenvalue weighted by Gasteiger charge is -2.12. The van der Waals surface area contributed by atoms with Crippen molar-refractivity contribution in [3.05, 3.63) is 0 Å². The molecular weight excluding hydrogens is 136 g/mol. The molecule has 0 saturated heterocycles. The van der Waals surface area contributed by atoms with Crippen molar-refractivity contribution in [3.8, 4) is 0 Å². The van der Waals surface area contributed by atoms with Crippen LogP contribution in [-0.4, -0.2) is 33.1 Å². The molecule has 0 aromatic carbocycles. The lowest BCUT2D eigenvalue weighted by Crippen LogP contribution is -2.23. The Morgan fingerprint density at radius 1 is 1.50 bits per heavy atom. The Balaban J connectivity index is 3.49. The largest absolute Gasteiger partial charge is 0.433 e. The molecule has 0 heterocycles. The van der Waals surface area contributed by atoms with Crippen LogP contribution < -0.4 is 0 Å². The van der Waals surface area contributed by atoms with Crippen LogP contribution in [0.2, 0.25) is 0 Å². The SMILES string of the molecule is COCC(OC)OC(C)=O. The monoisotopic (exact) mass is 148 g/mol. The summed E-state index contributed by atoms with van der Waals surface area (Å²) in [6.07, 6.45) is -0.581. The van der Waals surface area contributed by atoms with E-state index in [4.69, 9.17) is 9.47 Å². The van der Waals surface area contributed by atoms with E-state index in [9.17, 15) is 4.79 Å². The number of ether oxygens (including phenoxy) is 3. The minimum absolute atomic E-state index is 0.260. The minimum Gasteiger partial charge on any atom is -0.433 e. The van der Waals surface area contributed by atoms with Crippen LogP contribution in [0.25, 0.3) is 0 Å². The molecule has 0 radical (unpaired) electrons. The van der Waals surface area contributed by atoms with Crippen molar-refractivity contribution in [1.29, 1.82) is 0 Å². The normalized spacial score (nSPS) is 12.7. The zero-order valence-corrected chi connectivity index (χ0v) is 6.42. The fourth-order valence-electron chi connectivity index (χ4n) is 0.471. The Morgan fingerprint density at radius 3 is 2.40 bits per heavy atom. The first-order chi connectivity index (χ1) is 4.70. The molecule has 0 aromatic rings. The molecule has 0 fully saturated rings. The molecule has 0 aliphatic heterocycles. The summed E-state index contributed by atoms with van der Waals surface area (Å²) >= 11 is 0. The number of methoxy groups -OCH3 is 2. The van der Waals surface area contributed by atoms with Crippen molar-refractivity contribution in [2.45, 2.75) is 13.2 Å². The molecule has 1 atom stereocenters. The molecule has 0 rings (SSSR count). The van der Waals surface area contributed by atoms with E-state index in [-0.39, 0.29) is 12.6 Å². The number of hydrogen-bond acceptors (Lipinski definition) is 4. The van der Waals surface area contributed by atoms with Gasteiger partial charge in [-0.1, -0.05) is 0 Å². The molecule has 0 aliphatic carbocycles. The minimum atomic E-state index is -0.581. The summed E-state index contributed by atoms with van der Waals surface area (Å²) in [5.74, 6) is -0.371. The summed E-state index contributed by atoms with van der Waals surface area (Å²) < 4.78 is 14.1. The van der Waals surface area contributed by atoms with Crippen LogP contribution in [0.3, 0.4) is 0 Å². The van der Waals surface area contributed by atoms with Gasteiger partial charge in [-0.2, -0.15) is 0 Å². The van der Waals surface area contributed by atoms with Gasteiger partial charge in [0.25, 0.3) is 0 Å². The van der Waals surface area contributed by atoms with Crippen LogP contribution in [0.4, 0.5) is 0 Å². The van der Waals surface area contributed by atoms with Gasteiger partial charge in [0.1, 0.15) is 6.61 Å². The molecule has 0 aromatic heterocycles. The van der Waals surface area contributed by atoms with Gasteiger partial charge in [0.15, 0.2) is 0 Å². The van der Waals surface area contributed by atoms with Crippen LogP contribution in [0.15, 0.2) is 0 Å². The third kappa shape index (κ3) is 4.29. The topological polar surface area (TPSA) is 44.8 Å². The fraction of sp³-hybridized carbons (Fsp3) is 0.833. The second-order valence-corrected chi connectivity index (χ2v) is 1.73. The molecule has 60 valence electrons. The molecule has 0 saturated carbocycles. The van der Waals surface area contributed by atoms with E-state index in [2.05, 4.69) is 4.74 Å². The Bertz CT molecular complexity index is 102. The summed E-state index contributed by atoms with van der Waals surface area (Å²) in [6, 6.07) is 0. The number of rotatable bonds is 4. The van der Waals surface area contributed by atoms with Gasteiger partial charge in [-0.05, 0) is 0 Å². The lowest BCUT2D eigenvalue weighted by atomic mass is 10.6. The highest BCUT2D eigenvalue weighted by molar-refractivity contribution is 5.66. The highest BCUT2D eigenvalue weighted by Gasteiger charge is 2.08. The van der Waals surface area contributed by atoms with Crippen molar-refractivity contribution >= 4 is 5.97 Å². The number of carbonyl (C=O) groups is 1. The van der Waals surface area contributed by atoms with Crippen molar-refractivity contribution in [2.75, 3.05) is 20.8 Å². The third-order valence-corrected chi connectivity index (χ3v) is 0.863. The molecule has 0 amide bonds. The summed E-state index contributed by atoms with van der Waals surface area (Å²) in [5, 5.41) is 0. The van der Waals surface area contributed by atoms with E-state index in [0.717, 1.165) is 0 Å². The zero-order chi connectivity index (χ0) is 7.98. The highest BCUT2D eigenvalue weighted by atomic mass is 16.7. The molecular formula is C6H12O4. The molecule has 4 nitrogen and oxygen atoms in total. The Hall–Kier alpha value is -0.610. The Labute approximate surface area is 60.1 Å². The van der Waals surface area contributed by atoms with E-state index in [1.807, 2.05) is 0 Å². The molecule has 0 spiro atoms. The average Bonchev–Trinajstić information content (AvgIpc) is 1.86.